The van der Waals surface area contributed by atoms with Crippen LogP contribution in [-0.2, 0) is 0 Å². The molecule has 2 rings (SSSR count). The second-order valence-electron chi connectivity index (χ2n) is 4.93. The van der Waals surface area contributed by atoms with E-state index in [9.17, 15) is 8.78 Å². The lowest BCUT2D eigenvalue weighted by Gasteiger charge is -2.23. The maximum Gasteiger partial charge on any atom is 0.159 e. The summed E-state index contributed by atoms with van der Waals surface area (Å²) in [6.45, 7) is 4.06. The second-order valence-corrected chi connectivity index (χ2v) is 4.93. The summed E-state index contributed by atoms with van der Waals surface area (Å²) in [6, 6.07) is 14.3. The Bertz CT molecular complexity index is 554. The van der Waals surface area contributed by atoms with Gasteiger partial charge >= 0.3 is 0 Å². The summed E-state index contributed by atoms with van der Waals surface area (Å²) in [6.07, 6.45) is 0.929. The van der Waals surface area contributed by atoms with Crippen LogP contribution >= 0.6 is 0 Å². The Hall–Kier alpha value is -1.74. The summed E-state index contributed by atoms with van der Waals surface area (Å²) in [5.41, 5.74) is 1.95. The van der Waals surface area contributed by atoms with E-state index < -0.39 is 11.6 Å². The first-order valence-electron chi connectivity index (χ1n) is 6.87. The normalized spacial score (nSPS) is 14.0. The maximum atomic E-state index is 13.3. The summed E-state index contributed by atoms with van der Waals surface area (Å²) in [5, 5.41) is 3.46. The molecule has 2 aromatic carbocycles. The van der Waals surface area contributed by atoms with E-state index in [1.807, 2.05) is 25.1 Å². The minimum absolute atomic E-state index is 0.0461. The molecule has 0 radical (unpaired) electrons. The SMILES string of the molecule is CCC(NC(C)c1ccc(F)c(F)c1)c1ccccc1. The van der Waals surface area contributed by atoms with Gasteiger partial charge in [-0.3, -0.25) is 0 Å². The number of rotatable bonds is 5. The molecule has 0 fully saturated rings. The van der Waals surface area contributed by atoms with Crippen molar-refractivity contribution in [2.45, 2.75) is 32.4 Å². The Kier molecular flexibility index (Phi) is 4.85. The second kappa shape index (κ2) is 6.62. The third-order valence-electron chi connectivity index (χ3n) is 3.51. The Morgan fingerprint density at radius 2 is 1.65 bits per heavy atom. The van der Waals surface area contributed by atoms with E-state index in [1.54, 1.807) is 6.07 Å². The predicted molar refractivity (Wildman–Crippen MR) is 77.4 cm³/mol. The van der Waals surface area contributed by atoms with Gasteiger partial charge < -0.3 is 5.32 Å². The molecule has 3 heteroatoms. The minimum atomic E-state index is -0.809. The van der Waals surface area contributed by atoms with Gasteiger partial charge in [-0.05, 0) is 36.6 Å². The number of hydrogen-bond donors (Lipinski definition) is 1. The van der Waals surface area contributed by atoms with Crippen LogP contribution in [0.2, 0.25) is 0 Å². The maximum absolute atomic E-state index is 13.3. The van der Waals surface area contributed by atoms with Gasteiger partial charge in [0.2, 0.25) is 0 Å². The molecule has 0 heterocycles. The van der Waals surface area contributed by atoms with Crippen LogP contribution in [0.3, 0.4) is 0 Å². The summed E-state index contributed by atoms with van der Waals surface area (Å²) >= 11 is 0. The van der Waals surface area contributed by atoms with Crippen molar-refractivity contribution in [1.29, 1.82) is 0 Å². The summed E-state index contributed by atoms with van der Waals surface area (Å²) in [5.74, 6) is -1.61. The van der Waals surface area contributed by atoms with E-state index in [-0.39, 0.29) is 12.1 Å². The largest absolute Gasteiger partial charge is 0.303 e. The predicted octanol–water partition coefficient (Wildman–Crippen LogP) is 4.77. The molecular formula is C17H19F2N. The van der Waals surface area contributed by atoms with Gasteiger partial charge in [0.15, 0.2) is 11.6 Å². The number of nitrogens with one attached hydrogen (secondary N) is 1. The quantitative estimate of drug-likeness (QED) is 0.829. The Labute approximate surface area is 118 Å². The van der Waals surface area contributed by atoms with Crippen molar-refractivity contribution in [3.8, 4) is 0 Å². The van der Waals surface area contributed by atoms with Crippen LogP contribution < -0.4 is 5.32 Å². The van der Waals surface area contributed by atoms with Crippen LogP contribution in [0.15, 0.2) is 48.5 Å². The molecule has 2 atom stereocenters. The molecule has 0 aliphatic rings. The molecule has 0 bridgehead atoms. The molecule has 0 saturated heterocycles. The zero-order valence-electron chi connectivity index (χ0n) is 11.7. The van der Waals surface area contributed by atoms with Gasteiger partial charge in [0, 0.05) is 12.1 Å². The molecule has 0 aliphatic heterocycles. The number of benzene rings is 2. The highest BCUT2D eigenvalue weighted by molar-refractivity contribution is 5.23. The van der Waals surface area contributed by atoms with Crippen LogP contribution in [-0.4, -0.2) is 0 Å². The molecule has 1 N–H and O–H groups in total. The summed E-state index contributed by atoms with van der Waals surface area (Å²) in [7, 11) is 0. The molecule has 20 heavy (non-hydrogen) atoms. The monoisotopic (exact) mass is 275 g/mol. The molecule has 2 aromatic rings. The first kappa shape index (κ1) is 14.7. The fourth-order valence-corrected chi connectivity index (χ4v) is 2.31. The third kappa shape index (κ3) is 3.42. The Balaban J connectivity index is 2.13. The van der Waals surface area contributed by atoms with Gasteiger partial charge in [-0.2, -0.15) is 0 Å². The molecule has 1 nitrogen and oxygen atoms in total. The zero-order valence-corrected chi connectivity index (χ0v) is 11.7. The zero-order chi connectivity index (χ0) is 14.5. The van der Waals surface area contributed by atoms with Crippen LogP contribution in [0.25, 0.3) is 0 Å². The lowest BCUT2D eigenvalue weighted by Crippen LogP contribution is -2.24. The van der Waals surface area contributed by atoms with E-state index in [0.717, 1.165) is 12.0 Å². The molecule has 0 amide bonds. The fraction of sp³-hybridized carbons (Fsp3) is 0.294. The first-order valence-corrected chi connectivity index (χ1v) is 6.87. The molecule has 106 valence electrons. The summed E-state index contributed by atoms with van der Waals surface area (Å²) < 4.78 is 26.2. The van der Waals surface area contributed by atoms with Crippen LogP contribution in [0.4, 0.5) is 8.78 Å². The molecule has 0 aliphatic carbocycles. The van der Waals surface area contributed by atoms with Crippen molar-refractivity contribution in [2.75, 3.05) is 0 Å². The van der Waals surface area contributed by atoms with Gasteiger partial charge in [-0.15, -0.1) is 0 Å². The van der Waals surface area contributed by atoms with E-state index in [1.165, 1.54) is 17.7 Å². The standard InChI is InChI=1S/C17H19F2N/c1-3-17(13-7-5-4-6-8-13)20-12(2)14-9-10-15(18)16(19)11-14/h4-12,17,20H,3H2,1-2H3. The minimum Gasteiger partial charge on any atom is -0.303 e. The first-order chi connectivity index (χ1) is 9.61. The van der Waals surface area contributed by atoms with E-state index in [4.69, 9.17) is 0 Å². The molecule has 0 spiro atoms. The van der Waals surface area contributed by atoms with Crippen molar-refractivity contribution in [3.63, 3.8) is 0 Å². The molecule has 0 aromatic heterocycles. The molecular weight excluding hydrogens is 256 g/mol. The average molecular weight is 275 g/mol. The number of halogens is 2. The smallest absolute Gasteiger partial charge is 0.159 e. The van der Waals surface area contributed by atoms with Crippen molar-refractivity contribution in [2.24, 2.45) is 0 Å². The molecule has 2 unspecified atom stereocenters. The van der Waals surface area contributed by atoms with E-state index >= 15 is 0 Å². The Morgan fingerprint density at radius 1 is 0.950 bits per heavy atom. The highest BCUT2D eigenvalue weighted by atomic mass is 19.2. The van der Waals surface area contributed by atoms with Gasteiger partial charge in [0.05, 0.1) is 0 Å². The van der Waals surface area contributed by atoms with Gasteiger partial charge in [-0.1, -0.05) is 43.3 Å². The fourth-order valence-electron chi connectivity index (χ4n) is 2.31. The van der Waals surface area contributed by atoms with Crippen molar-refractivity contribution in [1.82, 2.24) is 5.32 Å². The van der Waals surface area contributed by atoms with E-state index in [0.29, 0.717) is 0 Å². The van der Waals surface area contributed by atoms with Gasteiger partial charge in [0.25, 0.3) is 0 Å². The van der Waals surface area contributed by atoms with Crippen molar-refractivity contribution >= 4 is 0 Å². The van der Waals surface area contributed by atoms with Crippen LogP contribution in [0.1, 0.15) is 43.5 Å². The molecule has 0 saturated carbocycles. The lowest BCUT2D eigenvalue weighted by molar-refractivity contribution is 0.451. The van der Waals surface area contributed by atoms with Crippen LogP contribution in [0.5, 0.6) is 0 Å². The third-order valence-corrected chi connectivity index (χ3v) is 3.51. The van der Waals surface area contributed by atoms with Gasteiger partial charge in [-0.25, -0.2) is 8.78 Å². The van der Waals surface area contributed by atoms with Gasteiger partial charge in [0.1, 0.15) is 0 Å². The summed E-state index contributed by atoms with van der Waals surface area (Å²) in [4.78, 5) is 0. The van der Waals surface area contributed by atoms with Crippen molar-refractivity contribution < 1.29 is 8.78 Å². The van der Waals surface area contributed by atoms with Crippen molar-refractivity contribution in [3.05, 3.63) is 71.3 Å². The average Bonchev–Trinajstić information content (AvgIpc) is 2.48. The van der Waals surface area contributed by atoms with Crippen LogP contribution in [0, 0.1) is 11.6 Å². The topological polar surface area (TPSA) is 12.0 Å². The number of hydrogen-bond acceptors (Lipinski definition) is 1. The lowest BCUT2D eigenvalue weighted by atomic mass is 10.0. The highest BCUT2D eigenvalue weighted by Crippen LogP contribution is 2.23. The Morgan fingerprint density at radius 3 is 2.25 bits per heavy atom. The highest BCUT2D eigenvalue weighted by Gasteiger charge is 2.14. The van der Waals surface area contributed by atoms with E-state index in [2.05, 4.69) is 24.4 Å².